The number of fused-ring (bicyclic) bond motifs is 6. The molecule has 5 aliphatic rings. The number of carbonyl (C=O) groups is 2. The van der Waals surface area contributed by atoms with Crippen LogP contribution in [0.2, 0.25) is 0 Å². The van der Waals surface area contributed by atoms with E-state index in [2.05, 4.69) is 52.8 Å². The van der Waals surface area contributed by atoms with E-state index in [4.69, 9.17) is 9.15 Å². The van der Waals surface area contributed by atoms with Crippen molar-refractivity contribution in [3.63, 3.8) is 0 Å². The van der Waals surface area contributed by atoms with Gasteiger partial charge in [-0.3, -0.25) is 9.59 Å². The van der Waals surface area contributed by atoms with Crippen LogP contribution in [0.1, 0.15) is 103 Å². The number of rotatable bonds is 1. The zero-order valence-corrected chi connectivity index (χ0v) is 21.9. The summed E-state index contributed by atoms with van der Waals surface area (Å²) in [6, 6.07) is 4.21. The van der Waals surface area contributed by atoms with E-state index in [1.165, 1.54) is 5.57 Å². The van der Waals surface area contributed by atoms with Crippen molar-refractivity contribution in [2.75, 3.05) is 0 Å². The average molecular weight is 481 g/mol. The van der Waals surface area contributed by atoms with Crippen LogP contribution >= 0.6 is 0 Å². The zero-order chi connectivity index (χ0) is 25.0. The lowest BCUT2D eigenvalue weighted by Gasteiger charge is -2.61. The van der Waals surface area contributed by atoms with Gasteiger partial charge >= 0.3 is 5.97 Å². The van der Waals surface area contributed by atoms with Gasteiger partial charge in [-0.2, -0.15) is 0 Å². The molecule has 4 fully saturated rings. The fourth-order valence-electron chi connectivity index (χ4n) is 9.11. The van der Waals surface area contributed by atoms with Crippen molar-refractivity contribution in [2.24, 2.45) is 28.6 Å². The van der Waals surface area contributed by atoms with Crippen molar-refractivity contribution >= 4 is 11.8 Å². The lowest BCUT2D eigenvalue weighted by Crippen LogP contribution is -2.60. The number of Topliss-reactive ketones (excluding diaryl/α,β-unsaturated/α-hetero) is 1. The minimum absolute atomic E-state index is 0.0107. The van der Waals surface area contributed by atoms with Gasteiger partial charge in [0.25, 0.3) is 0 Å². The maximum atomic E-state index is 12.5. The maximum absolute atomic E-state index is 12.5. The molecule has 0 radical (unpaired) electrons. The zero-order valence-electron chi connectivity index (χ0n) is 21.9. The van der Waals surface area contributed by atoms with Crippen molar-refractivity contribution in [3.05, 3.63) is 35.3 Å². The van der Waals surface area contributed by atoms with Crippen LogP contribution in [0, 0.1) is 28.6 Å². The number of ketones is 1. The van der Waals surface area contributed by atoms with Crippen LogP contribution in [0.15, 0.2) is 28.2 Å². The van der Waals surface area contributed by atoms with Gasteiger partial charge in [0.05, 0.1) is 6.10 Å². The standard InChI is InChI=1S/C30H40O5/c1-27(2,3)23-7-6-22(34-23)19-15-17-14-18(31)8-11-28(17,4)26-21(32)16-29(5)20(25(19)26)9-12-30(29)13-10-24(33)35-30/h6-7,15,19-21,25-26,32H,8-14,16H2,1-5H3/t19-,20-,21+,25-,26-,28-,29-,30+/m0/s1. The summed E-state index contributed by atoms with van der Waals surface area (Å²) in [7, 11) is 0. The van der Waals surface area contributed by atoms with Crippen molar-refractivity contribution < 1.29 is 23.8 Å². The van der Waals surface area contributed by atoms with Crippen LogP contribution in [0.5, 0.6) is 0 Å². The Kier molecular flexibility index (Phi) is 4.93. The molecule has 5 heteroatoms. The van der Waals surface area contributed by atoms with Crippen LogP contribution in [0.25, 0.3) is 0 Å². The minimum Gasteiger partial charge on any atom is -0.465 e. The highest BCUT2D eigenvalue weighted by Crippen LogP contribution is 2.71. The Morgan fingerprint density at radius 1 is 1.06 bits per heavy atom. The molecule has 3 saturated carbocycles. The summed E-state index contributed by atoms with van der Waals surface area (Å²) in [6.07, 6.45) is 7.48. The normalized spacial score (nSPS) is 45.1. The average Bonchev–Trinajstić information content (AvgIpc) is 3.47. The molecule has 0 amide bonds. The van der Waals surface area contributed by atoms with E-state index in [-0.39, 0.29) is 40.0 Å². The van der Waals surface area contributed by atoms with Gasteiger partial charge in [0, 0.05) is 36.0 Å². The maximum Gasteiger partial charge on any atom is 0.306 e. The molecule has 1 aliphatic heterocycles. The Balaban J connectivity index is 1.50. The second-order valence-electron chi connectivity index (χ2n) is 13.7. The fourth-order valence-corrected chi connectivity index (χ4v) is 9.11. The summed E-state index contributed by atoms with van der Waals surface area (Å²) in [5.74, 6) is 2.69. The first kappa shape index (κ1) is 23.5. The van der Waals surface area contributed by atoms with Gasteiger partial charge in [-0.15, -0.1) is 0 Å². The van der Waals surface area contributed by atoms with Crippen molar-refractivity contribution in [1.29, 1.82) is 0 Å². The molecule has 190 valence electrons. The van der Waals surface area contributed by atoms with Crippen molar-refractivity contribution in [1.82, 2.24) is 0 Å². The van der Waals surface area contributed by atoms with E-state index >= 15 is 0 Å². The molecule has 0 unspecified atom stereocenters. The number of aliphatic hydroxyl groups is 1. The summed E-state index contributed by atoms with van der Waals surface area (Å²) < 4.78 is 12.6. The highest BCUT2D eigenvalue weighted by Gasteiger charge is 2.70. The molecule has 0 bridgehead atoms. The van der Waals surface area contributed by atoms with Crippen molar-refractivity contribution in [2.45, 2.75) is 109 Å². The molecule has 4 aliphatic carbocycles. The van der Waals surface area contributed by atoms with Crippen LogP contribution < -0.4 is 0 Å². The summed E-state index contributed by atoms with van der Waals surface area (Å²) in [4.78, 5) is 24.8. The molecular weight excluding hydrogens is 440 g/mol. The third-order valence-electron chi connectivity index (χ3n) is 11.0. The molecule has 1 aromatic rings. The summed E-state index contributed by atoms with van der Waals surface area (Å²) in [6.45, 7) is 11.0. The highest BCUT2D eigenvalue weighted by molar-refractivity contribution is 5.83. The molecule has 1 spiro atoms. The van der Waals surface area contributed by atoms with Gasteiger partial charge in [-0.05, 0) is 67.4 Å². The molecule has 1 N–H and O–H groups in total. The van der Waals surface area contributed by atoms with Gasteiger partial charge in [0.15, 0.2) is 0 Å². The summed E-state index contributed by atoms with van der Waals surface area (Å²) in [5, 5.41) is 11.9. The number of hydrogen-bond donors (Lipinski definition) is 1. The van der Waals surface area contributed by atoms with Crippen LogP contribution in [-0.2, 0) is 19.7 Å². The molecule has 1 aromatic heterocycles. The smallest absolute Gasteiger partial charge is 0.306 e. The number of hydrogen-bond acceptors (Lipinski definition) is 5. The lowest BCUT2D eigenvalue weighted by molar-refractivity contribution is -0.184. The Morgan fingerprint density at radius 3 is 2.49 bits per heavy atom. The highest BCUT2D eigenvalue weighted by atomic mass is 16.6. The number of furan rings is 1. The Labute approximate surface area is 208 Å². The molecule has 0 aromatic carbocycles. The van der Waals surface area contributed by atoms with Crippen LogP contribution in [0.3, 0.4) is 0 Å². The fraction of sp³-hybridized carbons (Fsp3) is 0.733. The number of aliphatic hydroxyl groups excluding tert-OH is 1. The largest absolute Gasteiger partial charge is 0.465 e. The van der Waals surface area contributed by atoms with Gasteiger partial charge in [-0.1, -0.05) is 46.3 Å². The first-order valence-electron chi connectivity index (χ1n) is 13.6. The molecule has 6 rings (SSSR count). The number of allylic oxidation sites excluding steroid dienone is 2. The van der Waals surface area contributed by atoms with Gasteiger partial charge < -0.3 is 14.3 Å². The predicted octanol–water partition coefficient (Wildman–Crippen LogP) is 5.85. The Morgan fingerprint density at radius 2 is 1.83 bits per heavy atom. The van der Waals surface area contributed by atoms with E-state index in [0.717, 1.165) is 37.2 Å². The summed E-state index contributed by atoms with van der Waals surface area (Å²) >= 11 is 0. The van der Waals surface area contributed by atoms with E-state index in [0.29, 0.717) is 37.4 Å². The predicted molar refractivity (Wildman–Crippen MR) is 132 cm³/mol. The van der Waals surface area contributed by atoms with Crippen LogP contribution in [0.4, 0.5) is 0 Å². The molecule has 2 heterocycles. The van der Waals surface area contributed by atoms with E-state index in [1.807, 2.05) is 0 Å². The summed E-state index contributed by atoms with van der Waals surface area (Å²) in [5.41, 5.74) is 0.195. The van der Waals surface area contributed by atoms with E-state index < -0.39 is 11.7 Å². The minimum atomic E-state index is -0.503. The second kappa shape index (κ2) is 7.34. The number of esters is 1. The SMILES string of the molecule is CC(C)(C)c1ccc([C@@H]2C=C3CC(=O)CC[C@]3(C)[C@@H]3[C@@H]2[C@@H]2CC[C@@]4(CCC(=O)O4)[C@@]2(C)C[C@H]3O)o1. The number of ether oxygens (including phenoxy) is 1. The van der Waals surface area contributed by atoms with E-state index in [1.54, 1.807) is 0 Å². The molecular formula is C30H40O5. The molecule has 35 heavy (non-hydrogen) atoms. The Hall–Kier alpha value is -1.88. The topological polar surface area (TPSA) is 76.7 Å². The van der Waals surface area contributed by atoms with Crippen LogP contribution in [-0.4, -0.2) is 28.6 Å². The third kappa shape index (κ3) is 3.15. The Bertz CT molecular complexity index is 1110. The molecule has 1 saturated heterocycles. The lowest BCUT2D eigenvalue weighted by atomic mass is 9.44. The quantitative estimate of drug-likeness (QED) is 0.403. The second-order valence-corrected chi connectivity index (χ2v) is 13.7. The van der Waals surface area contributed by atoms with Gasteiger partial charge in [-0.25, -0.2) is 0 Å². The molecule has 8 atom stereocenters. The number of carbonyl (C=O) groups excluding carboxylic acids is 2. The van der Waals surface area contributed by atoms with Gasteiger partial charge in [0.2, 0.25) is 0 Å². The first-order valence-corrected chi connectivity index (χ1v) is 13.6. The monoisotopic (exact) mass is 480 g/mol. The van der Waals surface area contributed by atoms with E-state index in [9.17, 15) is 14.7 Å². The van der Waals surface area contributed by atoms with Crippen molar-refractivity contribution in [3.8, 4) is 0 Å². The van der Waals surface area contributed by atoms with Gasteiger partial charge in [0.1, 0.15) is 22.9 Å². The third-order valence-corrected chi connectivity index (χ3v) is 11.0. The molecule has 5 nitrogen and oxygen atoms in total. The first-order chi connectivity index (χ1) is 16.4.